The van der Waals surface area contributed by atoms with Gasteiger partial charge in [-0.25, -0.2) is 4.98 Å². The third kappa shape index (κ3) is 5.07. The number of thiazole rings is 1. The van der Waals surface area contributed by atoms with E-state index in [9.17, 15) is 4.79 Å². The number of benzene rings is 2. The lowest BCUT2D eigenvalue weighted by atomic mass is 10.2. The number of ether oxygens (including phenoxy) is 1. The molecule has 0 saturated carbocycles. The minimum atomic E-state index is 0.0598. The van der Waals surface area contributed by atoms with E-state index in [1.54, 1.807) is 18.4 Å². The number of methoxy groups -OCH3 is 1. The van der Waals surface area contributed by atoms with Crippen LogP contribution >= 0.6 is 11.3 Å². The lowest BCUT2D eigenvalue weighted by Gasteiger charge is -2.17. The average Bonchev–Trinajstić information content (AvgIpc) is 3.48. The standard InChI is InChI=1S/C28H31N3O2S/c1-5-6-16-30(3)28(32)24-17-26(31(20(24)2)18-21-10-8-7-9-11-21)25-19-34-27(29-25)22-12-14-23(33-4)15-13-22/h7-15,17,19H,5-6,16,18H2,1-4H3. The van der Waals surface area contributed by atoms with Gasteiger partial charge in [-0.1, -0.05) is 43.7 Å². The fraction of sp³-hybridized carbons (Fsp3) is 0.286. The maximum atomic E-state index is 13.3. The minimum Gasteiger partial charge on any atom is -0.497 e. The van der Waals surface area contributed by atoms with Crippen molar-refractivity contribution in [1.82, 2.24) is 14.5 Å². The van der Waals surface area contributed by atoms with E-state index in [2.05, 4.69) is 29.0 Å². The second-order valence-corrected chi connectivity index (χ2v) is 9.31. The van der Waals surface area contributed by atoms with Crippen molar-refractivity contribution < 1.29 is 9.53 Å². The summed E-state index contributed by atoms with van der Waals surface area (Å²) in [5.74, 6) is 0.882. The number of unbranched alkanes of at least 4 members (excludes halogenated alkanes) is 1. The molecule has 5 nitrogen and oxygen atoms in total. The van der Waals surface area contributed by atoms with Gasteiger partial charge in [0.15, 0.2) is 0 Å². The van der Waals surface area contributed by atoms with Crippen LogP contribution in [0.1, 0.15) is 41.4 Å². The molecule has 2 aromatic carbocycles. The van der Waals surface area contributed by atoms with E-state index in [-0.39, 0.29) is 5.91 Å². The number of aromatic nitrogens is 2. The Balaban J connectivity index is 1.73. The lowest BCUT2D eigenvalue weighted by molar-refractivity contribution is 0.0792. The van der Waals surface area contributed by atoms with E-state index in [1.165, 1.54) is 5.56 Å². The predicted octanol–water partition coefficient (Wildman–Crippen LogP) is 6.52. The molecule has 2 aromatic heterocycles. The van der Waals surface area contributed by atoms with Gasteiger partial charge < -0.3 is 14.2 Å². The van der Waals surface area contributed by atoms with Crippen molar-refractivity contribution in [3.63, 3.8) is 0 Å². The molecule has 0 spiro atoms. The molecular weight excluding hydrogens is 442 g/mol. The van der Waals surface area contributed by atoms with Gasteiger partial charge in [0, 0.05) is 36.8 Å². The Morgan fingerprint density at radius 3 is 2.53 bits per heavy atom. The summed E-state index contributed by atoms with van der Waals surface area (Å²) in [4.78, 5) is 20.1. The van der Waals surface area contributed by atoms with Crippen LogP contribution in [0.2, 0.25) is 0 Å². The zero-order valence-corrected chi connectivity index (χ0v) is 21.1. The summed E-state index contributed by atoms with van der Waals surface area (Å²) in [6.45, 7) is 5.61. The smallest absolute Gasteiger partial charge is 0.255 e. The molecule has 0 bridgehead atoms. The van der Waals surface area contributed by atoms with Crippen LogP contribution in [0.5, 0.6) is 5.75 Å². The van der Waals surface area contributed by atoms with Crippen LogP contribution in [-0.2, 0) is 6.54 Å². The second-order valence-electron chi connectivity index (χ2n) is 8.45. The van der Waals surface area contributed by atoms with E-state index in [4.69, 9.17) is 9.72 Å². The molecule has 34 heavy (non-hydrogen) atoms. The molecule has 0 atom stereocenters. The highest BCUT2D eigenvalue weighted by atomic mass is 32.1. The van der Waals surface area contributed by atoms with Gasteiger partial charge in [0.25, 0.3) is 5.91 Å². The van der Waals surface area contributed by atoms with Crippen LogP contribution < -0.4 is 4.74 Å². The van der Waals surface area contributed by atoms with Crippen LogP contribution in [0.15, 0.2) is 66.0 Å². The van der Waals surface area contributed by atoms with Crippen LogP contribution in [-0.4, -0.2) is 41.1 Å². The van der Waals surface area contributed by atoms with Crippen molar-refractivity contribution >= 4 is 17.2 Å². The third-order valence-corrected chi connectivity index (χ3v) is 6.97. The first-order chi connectivity index (χ1) is 16.5. The van der Waals surface area contributed by atoms with Crippen molar-refractivity contribution in [3.05, 3.63) is 82.9 Å². The van der Waals surface area contributed by atoms with Crippen LogP contribution in [0.3, 0.4) is 0 Å². The highest BCUT2D eigenvalue weighted by Crippen LogP contribution is 2.33. The van der Waals surface area contributed by atoms with Gasteiger partial charge in [-0.3, -0.25) is 4.79 Å². The van der Waals surface area contributed by atoms with Gasteiger partial charge in [0.1, 0.15) is 10.8 Å². The first-order valence-corrected chi connectivity index (χ1v) is 12.5. The molecule has 0 aliphatic heterocycles. The summed E-state index contributed by atoms with van der Waals surface area (Å²) < 4.78 is 7.49. The topological polar surface area (TPSA) is 47.4 Å². The zero-order valence-electron chi connectivity index (χ0n) is 20.2. The molecule has 0 N–H and O–H groups in total. The number of hydrogen-bond acceptors (Lipinski definition) is 4. The maximum Gasteiger partial charge on any atom is 0.255 e. The molecule has 176 valence electrons. The molecular formula is C28H31N3O2S. The lowest BCUT2D eigenvalue weighted by Crippen LogP contribution is -2.28. The maximum absolute atomic E-state index is 13.3. The second kappa shape index (κ2) is 10.7. The first kappa shape index (κ1) is 23.8. The van der Waals surface area contributed by atoms with Gasteiger partial charge in [-0.15, -0.1) is 11.3 Å². The van der Waals surface area contributed by atoms with Crippen LogP contribution in [0, 0.1) is 6.92 Å². The van der Waals surface area contributed by atoms with Crippen molar-refractivity contribution in [3.8, 4) is 27.7 Å². The molecule has 2 heterocycles. The average molecular weight is 474 g/mol. The summed E-state index contributed by atoms with van der Waals surface area (Å²) in [6.07, 6.45) is 2.06. The molecule has 0 aliphatic carbocycles. The van der Waals surface area contributed by atoms with Gasteiger partial charge in [-0.2, -0.15) is 0 Å². The Kier molecular flexibility index (Phi) is 7.48. The molecule has 0 aliphatic rings. The van der Waals surface area contributed by atoms with E-state index in [0.29, 0.717) is 6.54 Å². The molecule has 1 amide bonds. The van der Waals surface area contributed by atoms with E-state index >= 15 is 0 Å². The van der Waals surface area contributed by atoms with Gasteiger partial charge in [-0.05, 0) is 49.2 Å². The molecule has 6 heteroatoms. The van der Waals surface area contributed by atoms with E-state index in [1.807, 2.05) is 67.4 Å². The molecule has 0 radical (unpaired) electrons. The van der Waals surface area contributed by atoms with E-state index in [0.717, 1.165) is 58.4 Å². The number of nitrogens with zero attached hydrogens (tertiary/aromatic N) is 3. The van der Waals surface area contributed by atoms with Crippen molar-refractivity contribution in [2.45, 2.75) is 33.2 Å². The Labute approximate surface area is 205 Å². The summed E-state index contributed by atoms with van der Waals surface area (Å²) in [7, 11) is 3.55. The summed E-state index contributed by atoms with van der Waals surface area (Å²) in [5.41, 5.74) is 5.78. The first-order valence-electron chi connectivity index (χ1n) is 11.6. The van der Waals surface area contributed by atoms with Gasteiger partial charge in [0.2, 0.25) is 0 Å². The monoisotopic (exact) mass is 473 g/mol. The van der Waals surface area contributed by atoms with Crippen LogP contribution in [0.4, 0.5) is 0 Å². The normalized spacial score (nSPS) is 10.9. The number of carbonyl (C=O) groups is 1. The highest BCUT2D eigenvalue weighted by Gasteiger charge is 2.22. The summed E-state index contributed by atoms with van der Waals surface area (Å²) in [6, 6.07) is 20.3. The van der Waals surface area contributed by atoms with Gasteiger partial charge in [0.05, 0.1) is 24.1 Å². The largest absolute Gasteiger partial charge is 0.497 e. The number of carbonyl (C=O) groups excluding carboxylic acids is 1. The predicted molar refractivity (Wildman–Crippen MR) is 140 cm³/mol. The molecule has 0 unspecified atom stereocenters. The Morgan fingerprint density at radius 2 is 1.85 bits per heavy atom. The number of rotatable bonds is 9. The van der Waals surface area contributed by atoms with E-state index < -0.39 is 0 Å². The van der Waals surface area contributed by atoms with Crippen molar-refractivity contribution in [2.24, 2.45) is 0 Å². The number of amides is 1. The SMILES string of the molecule is CCCCN(C)C(=O)c1cc(-c2csc(-c3ccc(OC)cc3)n2)n(Cc2ccccc2)c1C. The molecule has 0 saturated heterocycles. The van der Waals surface area contributed by atoms with Crippen molar-refractivity contribution in [2.75, 3.05) is 20.7 Å². The molecule has 0 fully saturated rings. The van der Waals surface area contributed by atoms with Crippen LogP contribution in [0.25, 0.3) is 22.0 Å². The highest BCUT2D eigenvalue weighted by molar-refractivity contribution is 7.13. The number of hydrogen-bond donors (Lipinski definition) is 0. The Bertz CT molecular complexity index is 1240. The Morgan fingerprint density at radius 1 is 1.12 bits per heavy atom. The fourth-order valence-corrected chi connectivity index (χ4v) is 4.82. The fourth-order valence-electron chi connectivity index (χ4n) is 4.00. The third-order valence-electron chi connectivity index (χ3n) is 6.08. The summed E-state index contributed by atoms with van der Waals surface area (Å²) >= 11 is 1.61. The van der Waals surface area contributed by atoms with Crippen molar-refractivity contribution in [1.29, 1.82) is 0 Å². The van der Waals surface area contributed by atoms with Gasteiger partial charge >= 0.3 is 0 Å². The summed E-state index contributed by atoms with van der Waals surface area (Å²) in [5, 5.41) is 3.01. The minimum absolute atomic E-state index is 0.0598. The Hall–Kier alpha value is -3.38. The zero-order chi connectivity index (χ0) is 24.1. The quantitative estimate of drug-likeness (QED) is 0.278. The molecule has 4 rings (SSSR count). The molecule has 4 aromatic rings.